The van der Waals surface area contributed by atoms with Gasteiger partial charge in [0.15, 0.2) is 0 Å². The van der Waals surface area contributed by atoms with Gasteiger partial charge in [-0.05, 0) is 34.9 Å². The topological polar surface area (TPSA) is 71.9 Å². The number of nitrogens with two attached hydrogens (primary N) is 1. The number of pyridine rings is 1. The molecule has 2 N–H and O–H groups in total. The smallest absolute Gasteiger partial charge is 0.142 e. The van der Waals surface area contributed by atoms with Gasteiger partial charge < -0.3 is 10.5 Å². The molecule has 4 heteroatoms. The molecule has 164 valence electrons. The number of aromatic nitrogens is 1. The fraction of sp³-hybridized carbons (Fsp3) is 0.0667. The minimum atomic E-state index is 0.219. The Balaban J connectivity index is 1.83. The van der Waals surface area contributed by atoms with Crippen LogP contribution in [0.25, 0.3) is 33.0 Å². The number of hydrogen-bond donors (Lipinski definition) is 1. The van der Waals surface area contributed by atoms with E-state index in [1.165, 1.54) is 0 Å². The summed E-state index contributed by atoms with van der Waals surface area (Å²) in [6.45, 7) is 2.34. The molecule has 0 bridgehead atoms. The van der Waals surface area contributed by atoms with E-state index in [-0.39, 0.29) is 5.82 Å². The van der Waals surface area contributed by atoms with E-state index < -0.39 is 0 Å². The highest BCUT2D eigenvalue weighted by atomic mass is 16.5. The number of aryl methyl sites for hydroxylation is 1. The first-order valence-corrected chi connectivity index (χ1v) is 11.1. The van der Waals surface area contributed by atoms with Gasteiger partial charge in [0.05, 0.1) is 0 Å². The van der Waals surface area contributed by atoms with Crippen molar-refractivity contribution in [3.8, 4) is 34.1 Å². The lowest BCUT2D eigenvalue weighted by molar-refractivity contribution is 0.308. The van der Waals surface area contributed by atoms with Crippen LogP contribution in [0.1, 0.15) is 16.8 Å². The summed E-state index contributed by atoms with van der Waals surface area (Å²) in [5.74, 6) is 0.915. The second-order valence-electron chi connectivity index (χ2n) is 8.12. The van der Waals surface area contributed by atoms with Gasteiger partial charge in [-0.3, -0.25) is 0 Å². The van der Waals surface area contributed by atoms with E-state index in [1.807, 2.05) is 91.9 Å². The Hall–Kier alpha value is -4.62. The van der Waals surface area contributed by atoms with Crippen LogP contribution in [0.15, 0.2) is 97.1 Å². The van der Waals surface area contributed by atoms with Crippen molar-refractivity contribution >= 4 is 16.6 Å². The van der Waals surface area contributed by atoms with Crippen molar-refractivity contribution in [1.29, 1.82) is 5.26 Å². The average molecular weight is 442 g/mol. The van der Waals surface area contributed by atoms with E-state index in [1.54, 1.807) is 0 Å². The highest BCUT2D eigenvalue weighted by Crippen LogP contribution is 2.46. The third-order valence-corrected chi connectivity index (χ3v) is 5.96. The van der Waals surface area contributed by atoms with Crippen molar-refractivity contribution in [2.45, 2.75) is 13.5 Å². The predicted molar refractivity (Wildman–Crippen MR) is 137 cm³/mol. The average Bonchev–Trinajstić information content (AvgIpc) is 2.88. The number of fused-ring (bicyclic) bond motifs is 1. The summed E-state index contributed by atoms with van der Waals surface area (Å²) < 4.78 is 6.39. The predicted octanol–water partition coefficient (Wildman–Crippen LogP) is 6.91. The Morgan fingerprint density at radius 3 is 2.21 bits per heavy atom. The Bertz CT molecular complexity index is 1520. The summed E-state index contributed by atoms with van der Waals surface area (Å²) in [6.07, 6.45) is 0. The van der Waals surface area contributed by atoms with Gasteiger partial charge in [0.2, 0.25) is 0 Å². The molecule has 4 aromatic carbocycles. The molecule has 0 unspecified atom stereocenters. The molecule has 0 atom stereocenters. The summed E-state index contributed by atoms with van der Waals surface area (Å²) in [4.78, 5) is 4.52. The van der Waals surface area contributed by atoms with E-state index in [9.17, 15) is 5.26 Å². The van der Waals surface area contributed by atoms with Gasteiger partial charge >= 0.3 is 0 Å². The number of ether oxygens (including phenoxy) is 1. The van der Waals surface area contributed by atoms with E-state index in [2.05, 4.69) is 23.2 Å². The zero-order valence-corrected chi connectivity index (χ0v) is 18.8. The maximum Gasteiger partial charge on any atom is 0.142 e. The zero-order chi connectivity index (χ0) is 23.5. The Morgan fingerprint density at radius 1 is 0.794 bits per heavy atom. The van der Waals surface area contributed by atoms with E-state index in [0.29, 0.717) is 17.9 Å². The number of rotatable bonds is 5. The quantitative estimate of drug-likeness (QED) is 0.322. The first kappa shape index (κ1) is 21.2. The summed E-state index contributed by atoms with van der Waals surface area (Å²) in [6, 6.07) is 34.5. The number of nitrogen functional groups attached to an aromatic ring is 1. The fourth-order valence-corrected chi connectivity index (χ4v) is 4.41. The maximum absolute atomic E-state index is 10.2. The SMILES string of the molecule is Cc1nc(N)c(C#N)c(-c2c(OCc3ccccc3)ccc3ccccc23)c1-c1ccccc1. The van der Waals surface area contributed by atoms with E-state index >= 15 is 0 Å². The van der Waals surface area contributed by atoms with Gasteiger partial charge in [0.1, 0.15) is 29.8 Å². The number of nitrogens with zero attached hydrogens (tertiary/aromatic N) is 2. The van der Waals surface area contributed by atoms with Crippen molar-refractivity contribution in [1.82, 2.24) is 4.98 Å². The molecule has 0 radical (unpaired) electrons. The van der Waals surface area contributed by atoms with Gasteiger partial charge in [-0.1, -0.05) is 91.0 Å². The maximum atomic E-state index is 10.2. The van der Waals surface area contributed by atoms with Crippen LogP contribution in [0.4, 0.5) is 5.82 Å². The normalized spacial score (nSPS) is 10.7. The molecule has 1 heterocycles. The van der Waals surface area contributed by atoms with Crippen LogP contribution in [-0.2, 0) is 6.61 Å². The first-order chi connectivity index (χ1) is 16.7. The molecule has 0 spiro atoms. The zero-order valence-electron chi connectivity index (χ0n) is 18.8. The lowest BCUT2D eigenvalue weighted by atomic mass is 9.87. The summed E-state index contributed by atoms with van der Waals surface area (Å²) in [7, 11) is 0. The Kier molecular flexibility index (Phi) is 5.68. The van der Waals surface area contributed by atoms with E-state index in [4.69, 9.17) is 10.5 Å². The Labute approximate surface area is 198 Å². The van der Waals surface area contributed by atoms with Crippen LogP contribution in [0, 0.1) is 18.3 Å². The molecule has 0 saturated heterocycles. The molecule has 5 rings (SSSR count). The molecule has 0 saturated carbocycles. The van der Waals surface area contributed by atoms with Crippen LogP contribution in [0.2, 0.25) is 0 Å². The molecule has 34 heavy (non-hydrogen) atoms. The number of hydrogen-bond acceptors (Lipinski definition) is 4. The summed E-state index contributed by atoms with van der Waals surface area (Å²) >= 11 is 0. The molecule has 0 aliphatic rings. The summed E-state index contributed by atoms with van der Waals surface area (Å²) in [5.41, 5.74) is 11.9. The fourth-order valence-electron chi connectivity index (χ4n) is 4.41. The van der Waals surface area contributed by atoms with Crippen molar-refractivity contribution < 1.29 is 4.74 Å². The van der Waals surface area contributed by atoms with Crippen LogP contribution in [0.5, 0.6) is 5.75 Å². The van der Waals surface area contributed by atoms with Gasteiger partial charge in [0, 0.05) is 22.4 Å². The lowest BCUT2D eigenvalue weighted by Gasteiger charge is -2.21. The largest absolute Gasteiger partial charge is 0.488 e. The molecular formula is C30H23N3O. The first-order valence-electron chi connectivity index (χ1n) is 11.1. The van der Waals surface area contributed by atoms with Gasteiger partial charge in [-0.15, -0.1) is 0 Å². The highest BCUT2D eigenvalue weighted by Gasteiger charge is 2.24. The van der Waals surface area contributed by atoms with Gasteiger partial charge in [-0.25, -0.2) is 4.98 Å². The number of anilines is 1. The third-order valence-electron chi connectivity index (χ3n) is 5.96. The second kappa shape index (κ2) is 9.09. The Morgan fingerprint density at radius 2 is 1.47 bits per heavy atom. The molecule has 0 amide bonds. The monoisotopic (exact) mass is 441 g/mol. The number of benzene rings is 4. The second-order valence-corrected chi connectivity index (χ2v) is 8.12. The standard InChI is InChI=1S/C30H23N3O/c1-20-27(23-13-6-3-7-14-23)29(25(18-31)30(32)33-20)28-24-15-9-8-12-22(24)16-17-26(28)34-19-21-10-4-2-5-11-21/h2-17H,19H2,1H3,(H2,32,33). The van der Waals surface area contributed by atoms with Gasteiger partial charge in [-0.2, -0.15) is 5.26 Å². The van der Waals surface area contributed by atoms with Crippen LogP contribution in [0.3, 0.4) is 0 Å². The molecule has 0 aliphatic carbocycles. The van der Waals surface area contributed by atoms with E-state index in [0.717, 1.165) is 44.3 Å². The third kappa shape index (κ3) is 3.85. The van der Waals surface area contributed by atoms with Gasteiger partial charge in [0.25, 0.3) is 0 Å². The molecule has 4 nitrogen and oxygen atoms in total. The number of nitriles is 1. The lowest BCUT2D eigenvalue weighted by Crippen LogP contribution is -2.05. The van der Waals surface area contributed by atoms with Crippen molar-refractivity contribution in [2.75, 3.05) is 5.73 Å². The van der Waals surface area contributed by atoms with Crippen LogP contribution in [-0.4, -0.2) is 4.98 Å². The molecule has 0 aliphatic heterocycles. The molecular weight excluding hydrogens is 418 g/mol. The molecule has 5 aromatic rings. The minimum absolute atomic E-state index is 0.219. The molecule has 0 fully saturated rings. The minimum Gasteiger partial charge on any atom is -0.488 e. The van der Waals surface area contributed by atoms with Crippen molar-refractivity contribution in [3.05, 3.63) is 114 Å². The highest BCUT2D eigenvalue weighted by molar-refractivity contribution is 6.06. The van der Waals surface area contributed by atoms with Crippen molar-refractivity contribution in [3.63, 3.8) is 0 Å². The summed E-state index contributed by atoms with van der Waals surface area (Å²) in [5, 5.41) is 12.2. The molecule has 1 aromatic heterocycles. The van der Waals surface area contributed by atoms with Crippen molar-refractivity contribution in [2.24, 2.45) is 0 Å². The van der Waals surface area contributed by atoms with Crippen LogP contribution >= 0.6 is 0 Å². The van der Waals surface area contributed by atoms with Crippen LogP contribution < -0.4 is 10.5 Å².